The zero-order valence-electron chi connectivity index (χ0n) is 20.2. The highest BCUT2D eigenvalue weighted by Crippen LogP contribution is 3.02. The molecule has 0 saturated carbocycles. The third-order valence-corrected chi connectivity index (χ3v) is 6.30. The molecule has 15 heteroatoms. The second kappa shape index (κ2) is 10.4. The number of ether oxygens (including phenoxy) is 2. The van der Waals surface area contributed by atoms with Crippen LogP contribution in [0.25, 0.3) is 0 Å². The monoisotopic (exact) mass is 575 g/mol. The van der Waals surface area contributed by atoms with E-state index in [1.54, 1.807) is 30.3 Å². The van der Waals surface area contributed by atoms with Crippen LogP contribution in [-0.2, 0) is 22.6 Å². The summed E-state index contributed by atoms with van der Waals surface area (Å²) in [6.45, 7) is 0.833. The number of benzene rings is 3. The predicted molar refractivity (Wildman–Crippen MR) is 134 cm³/mol. The van der Waals surface area contributed by atoms with Crippen LogP contribution in [0.5, 0.6) is 0 Å². The Morgan fingerprint density at radius 2 is 1.56 bits per heavy atom. The van der Waals surface area contributed by atoms with E-state index >= 15 is 0 Å². The van der Waals surface area contributed by atoms with E-state index in [1.165, 1.54) is 13.0 Å². The zero-order valence-corrected chi connectivity index (χ0v) is 21.0. The third kappa shape index (κ3) is 8.04. The largest absolute Gasteiger partial charge is 0.450 e. The van der Waals surface area contributed by atoms with Crippen LogP contribution in [0, 0.1) is 10.1 Å². The van der Waals surface area contributed by atoms with Crippen molar-refractivity contribution in [1.29, 1.82) is 0 Å². The number of hydrogen-bond acceptors (Lipinski definition) is 6. The highest BCUT2D eigenvalue weighted by Gasteiger charge is 2.65. The molecule has 0 aliphatic heterocycles. The summed E-state index contributed by atoms with van der Waals surface area (Å²) in [4.78, 5) is 34.4. The van der Waals surface area contributed by atoms with Crippen molar-refractivity contribution in [2.24, 2.45) is 0 Å². The molecule has 3 aromatic rings. The van der Waals surface area contributed by atoms with Crippen LogP contribution in [0.3, 0.4) is 0 Å². The van der Waals surface area contributed by atoms with E-state index in [4.69, 9.17) is 9.47 Å². The molecule has 0 spiro atoms. The Hall–Kier alpha value is -4.40. The van der Waals surface area contributed by atoms with E-state index in [2.05, 4.69) is 5.32 Å². The summed E-state index contributed by atoms with van der Waals surface area (Å²) in [5, 5.41) is 13.9. The van der Waals surface area contributed by atoms with Gasteiger partial charge in [-0.2, -0.15) is 0 Å². The molecule has 9 nitrogen and oxygen atoms in total. The molecule has 0 radical (unpaired) electrons. The van der Waals surface area contributed by atoms with E-state index in [0.29, 0.717) is 5.56 Å². The van der Waals surface area contributed by atoms with Gasteiger partial charge in [-0.05, 0) is 42.3 Å². The Balaban J connectivity index is 1.96. The predicted octanol–water partition coefficient (Wildman–Crippen LogP) is 8.16. The normalized spacial score (nSPS) is 13.0. The molecule has 210 valence electrons. The maximum atomic E-state index is 13.1. The molecule has 0 aromatic heterocycles. The Morgan fingerprint density at radius 1 is 0.923 bits per heavy atom. The van der Waals surface area contributed by atoms with Gasteiger partial charge in [0.15, 0.2) is 0 Å². The molecule has 0 unspecified atom stereocenters. The number of carbonyl (C=O) groups is 2. The first-order valence-corrected chi connectivity index (χ1v) is 13.1. The highest BCUT2D eigenvalue weighted by atomic mass is 32.5. The van der Waals surface area contributed by atoms with Crippen molar-refractivity contribution in [1.82, 2.24) is 0 Å². The molecule has 0 saturated heterocycles. The number of nitro benzene ring substituents is 1. The average molecular weight is 576 g/mol. The summed E-state index contributed by atoms with van der Waals surface area (Å²) in [5.74, 6) is 0. The van der Waals surface area contributed by atoms with Crippen LogP contribution in [0.4, 0.5) is 46.1 Å². The van der Waals surface area contributed by atoms with Crippen molar-refractivity contribution in [2.75, 3.05) is 16.8 Å². The van der Waals surface area contributed by atoms with Crippen molar-refractivity contribution >= 4 is 39.5 Å². The molecule has 0 aliphatic rings. The van der Waals surface area contributed by atoms with Gasteiger partial charge in [0.1, 0.15) is 17.2 Å². The number of hydrogen-bond donors (Lipinski definition) is 1. The number of anilines is 2. The van der Waals surface area contributed by atoms with Gasteiger partial charge in [0.2, 0.25) is 0 Å². The molecule has 1 N–H and O–H groups in total. The van der Waals surface area contributed by atoms with E-state index < -0.39 is 44.5 Å². The maximum absolute atomic E-state index is 13.1. The topological polar surface area (TPSA) is 111 Å². The molecule has 0 aliphatic carbocycles. The van der Waals surface area contributed by atoms with Gasteiger partial charge in [0.05, 0.1) is 23.8 Å². The average Bonchev–Trinajstić information content (AvgIpc) is 2.86. The van der Waals surface area contributed by atoms with Crippen LogP contribution in [0.1, 0.15) is 18.1 Å². The van der Waals surface area contributed by atoms with Crippen LogP contribution in [0.2, 0.25) is 0 Å². The smallest absolute Gasteiger partial charge is 0.414 e. The summed E-state index contributed by atoms with van der Waals surface area (Å²) >= 11 is 0. The fourth-order valence-electron chi connectivity index (χ4n) is 3.31. The van der Waals surface area contributed by atoms with Crippen molar-refractivity contribution in [3.63, 3.8) is 0 Å². The lowest BCUT2D eigenvalue weighted by Gasteiger charge is -2.40. The van der Waals surface area contributed by atoms with Gasteiger partial charge in [0, 0.05) is 6.07 Å². The number of carbonyl (C=O) groups excluding carboxylic acids is 2. The summed E-state index contributed by atoms with van der Waals surface area (Å²) in [7, 11) is -9.92. The van der Waals surface area contributed by atoms with Crippen LogP contribution >= 0.6 is 10.2 Å². The SMILES string of the molecule is CCOC(=O)Nc1ccc(N(Cc2ccc(S(F)(F)(F)(F)F)cc2)C(=O)OCc2ccccc2)cc1[N+](=O)[O-]. The first kappa shape index (κ1) is 29.2. The molecule has 0 heterocycles. The Labute approximate surface area is 219 Å². The zero-order chi connectivity index (χ0) is 28.9. The van der Waals surface area contributed by atoms with Gasteiger partial charge in [-0.1, -0.05) is 61.9 Å². The van der Waals surface area contributed by atoms with Crippen molar-refractivity contribution in [2.45, 2.75) is 25.0 Å². The number of halogens is 5. The van der Waals surface area contributed by atoms with Gasteiger partial charge in [0.25, 0.3) is 5.69 Å². The number of nitro groups is 1. The minimum atomic E-state index is -9.92. The molecule has 0 bridgehead atoms. The van der Waals surface area contributed by atoms with Gasteiger partial charge in [-0.3, -0.25) is 20.3 Å². The van der Waals surface area contributed by atoms with Crippen molar-refractivity contribution < 1.29 is 43.4 Å². The highest BCUT2D eigenvalue weighted by molar-refractivity contribution is 8.45. The second-order valence-corrected chi connectivity index (χ2v) is 10.5. The molecule has 3 rings (SSSR count). The summed E-state index contributed by atoms with van der Waals surface area (Å²) < 4.78 is 75.5. The van der Waals surface area contributed by atoms with Crippen molar-refractivity contribution in [3.8, 4) is 0 Å². The molecule has 0 fully saturated rings. The fourth-order valence-corrected chi connectivity index (χ4v) is 3.97. The molecular weight excluding hydrogens is 553 g/mol. The lowest BCUT2D eigenvalue weighted by molar-refractivity contribution is -0.383. The Morgan fingerprint density at radius 3 is 2.13 bits per heavy atom. The van der Waals surface area contributed by atoms with E-state index in [1.807, 2.05) is 0 Å². The van der Waals surface area contributed by atoms with Crippen LogP contribution in [-0.4, -0.2) is 23.7 Å². The molecule has 39 heavy (non-hydrogen) atoms. The van der Waals surface area contributed by atoms with Gasteiger partial charge in [-0.15, -0.1) is 0 Å². The number of nitrogens with zero attached hydrogens (tertiary/aromatic N) is 2. The van der Waals surface area contributed by atoms with Crippen LogP contribution < -0.4 is 10.2 Å². The first-order valence-electron chi connectivity index (χ1n) is 11.1. The Kier molecular flexibility index (Phi) is 7.78. The van der Waals surface area contributed by atoms with Gasteiger partial charge >= 0.3 is 22.4 Å². The third-order valence-electron chi connectivity index (χ3n) is 5.14. The minimum Gasteiger partial charge on any atom is -0.450 e. The number of rotatable bonds is 9. The fraction of sp³-hybridized carbons (Fsp3) is 0.167. The van der Waals surface area contributed by atoms with Gasteiger partial charge < -0.3 is 9.47 Å². The lowest BCUT2D eigenvalue weighted by Crippen LogP contribution is -2.31. The van der Waals surface area contributed by atoms with Crippen molar-refractivity contribution in [3.05, 3.63) is 94.0 Å². The summed E-state index contributed by atoms with van der Waals surface area (Å²) in [6.07, 6.45) is -1.99. The van der Waals surface area contributed by atoms with Crippen LogP contribution in [0.15, 0.2) is 77.7 Å². The minimum absolute atomic E-state index is 0.000446. The molecule has 2 amide bonds. The van der Waals surface area contributed by atoms with Gasteiger partial charge in [-0.25, -0.2) is 9.59 Å². The quantitative estimate of drug-likeness (QED) is 0.157. The summed E-state index contributed by atoms with van der Waals surface area (Å²) in [5.41, 5.74) is -0.400. The molecule has 3 aromatic carbocycles. The second-order valence-electron chi connectivity index (χ2n) is 8.04. The van der Waals surface area contributed by atoms with E-state index in [9.17, 15) is 39.1 Å². The lowest BCUT2D eigenvalue weighted by atomic mass is 10.2. The maximum Gasteiger partial charge on any atom is 0.414 e. The standard InChI is InChI=1S/C24H22F5N3O6S/c1-2-37-23(33)30-21-13-10-19(14-22(21)32(35)36)31(24(34)38-16-18-6-4-3-5-7-18)15-17-8-11-20(12-9-17)39(25,26,27,28)29/h3-14H,2,15-16H2,1H3,(H,30,33). The van der Waals surface area contributed by atoms with E-state index in [0.717, 1.165) is 29.2 Å². The number of amides is 2. The van der Waals surface area contributed by atoms with E-state index in [-0.39, 0.29) is 42.3 Å². The molecule has 0 atom stereocenters. The first-order chi connectivity index (χ1) is 18.1. The molecular formula is C24H22F5N3O6S. The Bertz CT molecular complexity index is 1370. The summed E-state index contributed by atoms with van der Waals surface area (Å²) in [6, 6.07) is 13.6. The number of nitrogens with one attached hydrogen (secondary N) is 1.